The van der Waals surface area contributed by atoms with Gasteiger partial charge in [-0.3, -0.25) is 9.36 Å². The summed E-state index contributed by atoms with van der Waals surface area (Å²) in [5.41, 5.74) is 7.53. The quantitative estimate of drug-likeness (QED) is 0.204. The molecular formula is C39H30N2O3S. The van der Waals surface area contributed by atoms with Gasteiger partial charge in [0.2, 0.25) is 0 Å². The van der Waals surface area contributed by atoms with Gasteiger partial charge < -0.3 is 9.47 Å². The van der Waals surface area contributed by atoms with Crippen LogP contribution in [0.4, 0.5) is 0 Å². The second kappa shape index (κ2) is 11.4. The average molecular weight is 607 g/mol. The molecule has 220 valence electrons. The number of ether oxygens (including phenoxy) is 2. The van der Waals surface area contributed by atoms with Crippen LogP contribution in [0.5, 0.6) is 11.5 Å². The number of aromatic nitrogens is 1. The van der Waals surface area contributed by atoms with E-state index in [4.69, 9.17) is 14.5 Å². The van der Waals surface area contributed by atoms with Gasteiger partial charge in [-0.2, -0.15) is 0 Å². The minimum atomic E-state index is -0.264. The molecule has 1 aromatic heterocycles. The molecule has 2 heterocycles. The summed E-state index contributed by atoms with van der Waals surface area (Å²) in [6.07, 6.45) is 3.70. The lowest BCUT2D eigenvalue weighted by molar-refractivity contribution is 0.307. The normalized spacial score (nSPS) is 15.7. The van der Waals surface area contributed by atoms with Gasteiger partial charge >= 0.3 is 0 Å². The molecule has 8 rings (SSSR count). The lowest BCUT2D eigenvalue weighted by Gasteiger charge is -2.31. The van der Waals surface area contributed by atoms with E-state index < -0.39 is 0 Å². The number of aryl methyl sites for hydroxylation is 1. The Hall–Kier alpha value is -5.20. The van der Waals surface area contributed by atoms with E-state index in [2.05, 4.69) is 66.7 Å². The van der Waals surface area contributed by atoms with Crippen molar-refractivity contribution in [1.29, 1.82) is 0 Å². The highest BCUT2D eigenvalue weighted by molar-refractivity contribution is 7.07. The number of methoxy groups -OCH3 is 1. The third-order valence-electron chi connectivity index (χ3n) is 8.75. The highest BCUT2D eigenvalue weighted by Crippen LogP contribution is 2.41. The molecule has 2 aliphatic rings. The third-order valence-corrected chi connectivity index (χ3v) is 9.73. The Bertz CT molecular complexity index is 2310. The first-order chi connectivity index (χ1) is 22.2. The molecule has 1 atom stereocenters. The van der Waals surface area contributed by atoms with E-state index in [1.165, 1.54) is 33.2 Å². The number of allylic oxidation sites excluding steroid dienone is 1. The SMILES string of the molecule is COc1cccc([C@@H]2C3=C(N=c4s/c(=C/c5ccccc5OCc5cccc6ccccc56)c(=O)n42)c2ccccc2CC3)c1. The summed E-state index contributed by atoms with van der Waals surface area (Å²) >= 11 is 1.43. The molecule has 0 fully saturated rings. The predicted molar refractivity (Wildman–Crippen MR) is 180 cm³/mol. The van der Waals surface area contributed by atoms with E-state index in [9.17, 15) is 4.79 Å². The maximum absolute atomic E-state index is 14.3. The fourth-order valence-electron chi connectivity index (χ4n) is 6.58. The fourth-order valence-corrected chi connectivity index (χ4v) is 7.57. The first-order valence-electron chi connectivity index (χ1n) is 15.1. The van der Waals surface area contributed by atoms with Gasteiger partial charge in [-0.1, -0.05) is 108 Å². The van der Waals surface area contributed by atoms with Crippen LogP contribution in [-0.2, 0) is 13.0 Å². The van der Waals surface area contributed by atoms with Crippen molar-refractivity contribution in [3.63, 3.8) is 0 Å². The van der Waals surface area contributed by atoms with E-state index >= 15 is 0 Å². The van der Waals surface area contributed by atoms with Crippen LogP contribution in [0.15, 0.2) is 131 Å². The molecule has 6 aromatic rings. The fraction of sp³-hybridized carbons (Fsp3) is 0.128. The van der Waals surface area contributed by atoms with Gasteiger partial charge in [-0.25, -0.2) is 4.99 Å². The standard InChI is InChI=1S/C39H30N2O3S/c1-43-30-16-9-14-28(22-30)37-33-21-20-26-11-3-6-18-32(26)36(33)40-39-41(37)38(42)35(45-39)23-27-12-4-7-19-34(27)44-24-29-15-8-13-25-10-2-5-17-31(25)29/h2-19,22-23,37H,20-21,24H2,1H3/b35-23+/t37-/m1/s1. The van der Waals surface area contributed by atoms with E-state index in [1.807, 2.05) is 59.2 Å². The number of thiazole rings is 1. The predicted octanol–water partition coefficient (Wildman–Crippen LogP) is 7.06. The molecule has 0 bridgehead atoms. The van der Waals surface area contributed by atoms with Crippen molar-refractivity contribution in [2.24, 2.45) is 4.99 Å². The summed E-state index contributed by atoms with van der Waals surface area (Å²) in [7, 11) is 1.67. The lowest BCUT2D eigenvalue weighted by atomic mass is 9.83. The number of hydrogen-bond acceptors (Lipinski definition) is 5. The zero-order chi connectivity index (χ0) is 30.3. The highest BCUT2D eigenvalue weighted by atomic mass is 32.1. The van der Waals surface area contributed by atoms with Crippen molar-refractivity contribution in [2.45, 2.75) is 25.5 Å². The van der Waals surface area contributed by atoms with Crippen LogP contribution in [-0.4, -0.2) is 11.7 Å². The van der Waals surface area contributed by atoms with Crippen molar-refractivity contribution < 1.29 is 9.47 Å². The van der Waals surface area contributed by atoms with Crippen molar-refractivity contribution in [2.75, 3.05) is 7.11 Å². The molecule has 0 radical (unpaired) electrons. The molecule has 0 saturated carbocycles. The monoisotopic (exact) mass is 606 g/mol. The Balaban J connectivity index is 1.24. The molecule has 1 aliphatic carbocycles. The molecular weight excluding hydrogens is 577 g/mol. The van der Waals surface area contributed by atoms with Crippen LogP contribution in [0, 0.1) is 0 Å². The number of benzene rings is 5. The number of para-hydroxylation sites is 1. The highest BCUT2D eigenvalue weighted by Gasteiger charge is 2.32. The van der Waals surface area contributed by atoms with Crippen LogP contribution in [0.1, 0.15) is 40.3 Å². The van der Waals surface area contributed by atoms with Crippen LogP contribution >= 0.6 is 11.3 Å². The second-order valence-corrected chi connectivity index (χ2v) is 12.4. The van der Waals surface area contributed by atoms with Crippen LogP contribution in [0.2, 0.25) is 0 Å². The number of nitrogens with zero attached hydrogens (tertiary/aromatic N) is 2. The summed E-state index contributed by atoms with van der Waals surface area (Å²) in [4.78, 5) is 20.2. The first-order valence-corrected chi connectivity index (χ1v) is 15.9. The second-order valence-electron chi connectivity index (χ2n) is 11.4. The Kier molecular flexibility index (Phi) is 6.92. The molecule has 0 spiro atoms. The van der Waals surface area contributed by atoms with Crippen molar-refractivity contribution in [3.05, 3.63) is 168 Å². The number of rotatable bonds is 6. The van der Waals surface area contributed by atoms with Crippen LogP contribution in [0.3, 0.4) is 0 Å². The zero-order valence-electron chi connectivity index (χ0n) is 24.8. The number of hydrogen-bond donors (Lipinski definition) is 0. The van der Waals surface area contributed by atoms with E-state index in [-0.39, 0.29) is 11.6 Å². The molecule has 0 unspecified atom stereocenters. The van der Waals surface area contributed by atoms with Gasteiger partial charge in [0.25, 0.3) is 5.56 Å². The summed E-state index contributed by atoms with van der Waals surface area (Å²) < 4.78 is 14.5. The van der Waals surface area contributed by atoms with Crippen molar-refractivity contribution in [3.8, 4) is 11.5 Å². The van der Waals surface area contributed by atoms with Gasteiger partial charge in [0.05, 0.1) is 23.4 Å². The first kappa shape index (κ1) is 27.4. The smallest absolute Gasteiger partial charge is 0.271 e. The van der Waals surface area contributed by atoms with Gasteiger partial charge in [0.15, 0.2) is 4.80 Å². The van der Waals surface area contributed by atoms with Gasteiger partial charge in [0.1, 0.15) is 18.1 Å². The molecule has 5 aromatic carbocycles. The Labute approximate surface area is 264 Å². The average Bonchev–Trinajstić information content (AvgIpc) is 3.40. The molecule has 5 nitrogen and oxygen atoms in total. The number of fused-ring (bicyclic) bond motifs is 4. The summed E-state index contributed by atoms with van der Waals surface area (Å²) in [5.74, 6) is 1.50. The topological polar surface area (TPSA) is 52.8 Å². The molecule has 0 N–H and O–H groups in total. The largest absolute Gasteiger partial charge is 0.497 e. The molecule has 0 amide bonds. The molecule has 1 aliphatic heterocycles. The van der Waals surface area contributed by atoms with Gasteiger partial charge in [0, 0.05) is 11.1 Å². The van der Waals surface area contributed by atoms with Gasteiger partial charge in [-0.15, -0.1) is 0 Å². The van der Waals surface area contributed by atoms with E-state index in [1.54, 1.807) is 7.11 Å². The van der Waals surface area contributed by atoms with Crippen molar-refractivity contribution >= 4 is 33.9 Å². The summed E-state index contributed by atoms with van der Waals surface area (Å²) in [6.45, 7) is 0.426. The summed E-state index contributed by atoms with van der Waals surface area (Å²) in [5, 5.41) is 2.36. The Morgan fingerprint density at radius 1 is 0.889 bits per heavy atom. The van der Waals surface area contributed by atoms with Crippen LogP contribution < -0.4 is 24.4 Å². The summed E-state index contributed by atoms with van der Waals surface area (Å²) in [6, 6.07) is 38.8. The Morgan fingerprint density at radius 3 is 2.62 bits per heavy atom. The molecule has 45 heavy (non-hydrogen) atoms. The zero-order valence-corrected chi connectivity index (χ0v) is 25.6. The third kappa shape index (κ3) is 4.88. The van der Waals surface area contributed by atoms with E-state index in [0.717, 1.165) is 52.3 Å². The van der Waals surface area contributed by atoms with Crippen molar-refractivity contribution in [1.82, 2.24) is 4.57 Å². The molecule has 6 heteroatoms. The maximum Gasteiger partial charge on any atom is 0.271 e. The lowest BCUT2D eigenvalue weighted by Crippen LogP contribution is -2.38. The minimum absolute atomic E-state index is 0.0548. The van der Waals surface area contributed by atoms with Gasteiger partial charge in [-0.05, 0) is 70.2 Å². The molecule has 0 saturated heterocycles. The Morgan fingerprint density at radius 2 is 1.69 bits per heavy atom. The van der Waals surface area contributed by atoms with Crippen LogP contribution in [0.25, 0.3) is 22.5 Å². The maximum atomic E-state index is 14.3. The van der Waals surface area contributed by atoms with E-state index in [0.29, 0.717) is 15.9 Å². The minimum Gasteiger partial charge on any atom is -0.497 e.